The van der Waals surface area contributed by atoms with E-state index in [0.29, 0.717) is 17.1 Å². The first-order chi connectivity index (χ1) is 12.0. The van der Waals surface area contributed by atoms with Crippen molar-refractivity contribution in [2.75, 3.05) is 13.7 Å². The van der Waals surface area contributed by atoms with Gasteiger partial charge in [-0.25, -0.2) is 4.79 Å². The SMILES string of the molecule is CCOC(=O)C1=C(C)OC(N)=C(C#N)C1c1ccc(OC)c(CCl)c1. The summed E-state index contributed by atoms with van der Waals surface area (Å²) in [4.78, 5) is 12.5. The third kappa shape index (κ3) is 3.57. The van der Waals surface area contributed by atoms with E-state index in [2.05, 4.69) is 0 Å². The monoisotopic (exact) mass is 362 g/mol. The second-order valence-corrected chi connectivity index (χ2v) is 5.59. The van der Waals surface area contributed by atoms with Gasteiger partial charge in [-0.05, 0) is 31.5 Å². The summed E-state index contributed by atoms with van der Waals surface area (Å²) in [6.07, 6.45) is 0. The molecule has 0 saturated carbocycles. The average Bonchev–Trinajstić information content (AvgIpc) is 2.60. The minimum absolute atomic E-state index is 0.0266. The van der Waals surface area contributed by atoms with Gasteiger partial charge in [0.2, 0.25) is 5.88 Å². The molecule has 1 unspecified atom stereocenters. The summed E-state index contributed by atoms with van der Waals surface area (Å²) in [5, 5.41) is 9.54. The van der Waals surface area contributed by atoms with Gasteiger partial charge >= 0.3 is 5.97 Å². The molecule has 2 rings (SSSR count). The van der Waals surface area contributed by atoms with Gasteiger partial charge in [0.15, 0.2) is 0 Å². The molecule has 1 aliphatic rings. The Hall–Kier alpha value is -2.65. The molecule has 0 aromatic heterocycles. The highest BCUT2D eigenvalue weighted by Gasteiger charge is 2.36. The Morgan fingerprint density at radius 3 is 2.76 bits per heavy atom. The smallest absolute Gasteiger partial charge is 0.338 e. The number of hydrogen-bond donors (Lipinski definition) is 1. The standard InChI is InChI=1S/C18H19ClN2O4/c1-4-24-18(22)15-10(2)25-17(21)13(9-20)16(15)11-5-6-14(23-3)12(7-11)8-19/h5-7,16H,4,8,21H2,1-3H3. The Morgan fingerprint density at radius 1 is 1.48 bits per heavy atom. The fourth-order valence-corrected chi connectivity index (χ4v) is 2.98. The molecule has 132 valence electrons. The van der Waals surface area contributed by atoms with Crippen LogP contribution in [0, 0.1) is 11.3 Å². The number of allylic oxidation sites excluding steroid dienone is 2. The molecule has 0 bridgehead atoms. The molecule has 0 amide bonds. The van der Waals surface area contributed by atoms with Crippen LogP contribution in [0.2, 0.25) is 0 Å². The predicted molar refractivity (Wildman–Crippen MR) is 92.5 cm³/mol. The van der Waals surface area contributed by atoms with E-state index >= 15 is 0 Å². The molecule has 0 aliphatic carbocycles. The van der Waals surface area contributed by atoms with E-state index in [1.165, 1.54) is 0 Å². The molecule has 1 atom stereocenters. The summed E-state index contributed by atoms with van der Waals surface area (Å²) >= 11 is 5.99. The van der Waals surface area contributed by atoms with Crippen molar-refractivity contribution >= 4 is 17.6 Å². The van der Waals surface area contributed by atoms with Crippen LogP contribution in [0.25, 0.3) is 0 Å². The number of methoxy groups -OCH3 is 1. The number of alkyl halides is 1. The van der Waals surface area contributed by atoms with Crippen LogP contribution in [0.1, 0.15) is 30.9 Å². The zero-order valence-corrected chi connectivity index (χ0v) is 15.0. The number of nitrogens with two attached hydrogens (primary N) is 1. The third-order valence-electron chi connectivity index (χ3n) is 3.88. The maximum absolute atomic E-state index is 12.5. The number of carbonyl (C=O) groups excluding carboxylic acids is 1. The number of carbonyl (C=O) groups is 1. The van der Waals surface area contributed by atoms with E-state index in [0.717, 1.165) is 5.56 Å². The third-order valence-corrected chi connectivity index (χ3v) is 4.17. The van der Waals surface area contributed by atoms with Crippen molar-refractivity contribution in [3.05, 3.63) is 52.1 Å². The Morgan fingerprint density at radius 2 is 2.20 bits per heavy atom. The Kier molecular flexibility index (Phi) is 5.94. The lowest BCUT2D eigenvalue weighted by molar-refractivity contribution is -0.139. The fraction of sp³-hybridized carbons (Fsp3) is 0.333. The van der Waals surface area contributed by atoms with Gasteiger partial charge in [-0.3, -0.25) is 0 Å². The Balaban J connectivity index is 2.64. The van der Waals surface area contributed by atoms with Gasteiger partial charge in [-0.2, -0.15) is 5.26 Å². The number of hydrogen-bond acceptors (Lipinski definition) is 6. The largest absolute Gasteiger partial charge is 0.496 e. The topological polar surface area (TPSA) is 94.6 Å². The van der Waals surface area contributed by atoms with Crippen LogP contribution in [0.4, 0.5) is 0 Å². The van der Waals surface area contributed by atoms with Gasteiger partial charge in [-0.1, -0.05) is 6.07 Å². The van der Waals surface area contributed by atoms with Crippen LogP contribution >= 0.6 is 11.6 Å². The molecule has 1 aromatic rings. The van der Waals surface area contributed by atoms with Crippen molar-refractivity contribution in [3.8, 4) is 11.8 Å². The van der Waals surface area contributed by atoms with E-state index in [1.807, 2.05) is 6.07 Å². The van der Waals surface area contributed by atoms with Crippen molar-refractivity contribution < 1.29 is 19.0 Å². The highest BCUT2D eigenvalue weighted by atomic mass is 35.5. The number of rotatable bonds is 5. The molecule has 0 spiro atoms. The molecule has 0 radical (unpaired) electrons. The first kappa shape index (κ1) is 18.7. The molecule has 1 aromatic carbocycles. The quantitative estimate of drug-likeness (QED) is 0.639. The summed E-state index contributed by atoms with van der Waals surface area (Å²) in [5.74, 6) is -0.109. The Labute approximate surface area is 151 Å². The van der Waals surface area contributed by atoms with E-state index in [-0.39, 0.29) is 29.5 Å². The van der Waals surface area contributed by atoms with Crippen LogP contribution in [0.3, 0.4) is 0 Å². The summed E-state index contributed by atoms with van der Waals surface area (Å²) in [6, 6.07) is 7.34. The zero-order valence-electron chi connectivity index (χ0n) is 14.3. The first-order valence-electron chi connectivity index (χ1n) is 7.66. The molecule has 2 N–H and O–H groups in total. The normalized spacial score (nSPS) is 17.0. The molecular weight excluding hydrogens is 344 g/mol. The second-order valence-electron chi connectivity index (χ2n) is 5.32. The second kappa shape index (κ2) is 7.95. The lowest BCUT2D eigenvalue weighted by Crippen LogP contribution is -2.25. The van der Waals surface area contributed by atoms with Gasteiger partial charge in [0, 0.05) is 5.56 Å². The maximum Gasteiger partial charge on any atom is 0.338 e. The first-order valence-corrected chi connectivity index (χ1v) is 8.20. The molecule has 1 heterocycles. The molecule has 0 saturated heterocycles. The average molecular weight is 363 g/mol. The highest BCUT2D eigenvalue weighted by molar-refractivity contribution is 6.17. The molecule has 25 heavy (non-hydrogen) atoms. The van der Waals surface area contributed by atoms with Crippen LogP contribution in [-0.4, -0.2) is 19.7 Å². The number of ether oxygens (including phenoxy) is 3. The molecular formula is C18H19ClN2O4. The van der Waals surface area contributed by atoms with Gasteiger partial charge in [-0.15, -0.1) is 11.6 Å². The lowest BCUT2D eigenvalue weighted by Gasteiger charge is -2.27. The number of benzene rings is 1. The van der Waals surface area contributed by atoms with Crippen molar-refractivity contribution in [2.45, 2.75) is 25.6 Å². The fourth-order valence-electron chi connectivity index (χ4n) is 2.77. The van der Waals surface area contributed by atoms with Gasteiger partial charge in [0.25, 0.3) is 0 Å². The van der Waals surface area contributed by atoms with Crippen molar-refractivity contribution in [1.29, 1.82) is 5.26 Å². The minimum atomic E-state index is -0.689. The molecule has 1 aliphatic heterocycles. The van der Waals surface area contributed by atoms with E-state index in [1.54, 1.807) is 39.2 Å². The number of halogens is 1. The minimum Gasteiger partial charge on any atom is -0.496 e. The summed E-state index contributed by atoms with van der Waals surface area (Å²) in [5.41, 5.74) is 7.69. The van der Waals surface area contributed by atoms with Crippen molar-refractivity contribution in [1.82, 2.24) is 0 Å². The van der Waals surface area contributed by atoms with Crippen molar-refractivity contribution in [2.24, 2.45) is 5.73 Å². The van der Waals surface area contributed by atoms with Crippen LogP contribution in [-0.2, 0) is 20.1 Å². The molecule has 0 fully saturated rings. The van der Waals surface area contributed by atoms with E-state index in [4.69, 9.17) is 31.5 Å². The Bertz CT molecular complexity index is 793. The van der Waals surface area contributed by atoms with Crippen LogP contribution in [0.15, 0.2) is 41.0 Å². The van der Waals surface area contributed by atoms with Crippen molar-refractivity contribution in [3.63, 3.8) is 0 Å². The lowest BCUT2D eigenvalue weighted by atomic mass is 9.82. The molecule has 6 nitrogen and oxygen atoms in total. The summed E-state index contributed by atoms with van der Waals surface area (Å²) in [7, 11) is 1.55. The van der Waals surface area contributed by atoms with Crippen LogP contribution < -0.4 is 10.5 Å². The highest BCUT2D eigenvalue weighted by Crippen LogP contribution is 2.40. The summed E-state index contributed by atoms with van der Waals surface area (Å²) in [6.45, 7) is 3.53. The van der Waals surface area contributed by atoms with Gasteiger partial charge in [0.1, 0.15) is 23.2 Å². The zero-order chi connectivity index (χ0) is 18.6. The molecule has 7 heteroatoms. The van der Waals surface area contributed by atoms with Crippen LogP contribution in [0.5, 0.6) is 5.75 Å². The van der Waals surface area contributed by atoms with Gasteiger partial charge < -0.3 is 19.9 Å². The number of nitrogens with zero attached hydrogens (tertiary/aromatic N) is 1. The number of nitriles is 1. The maximum atomic E-state index is 12.5. The van der Waals surface area contributed by atoms with E-state index in [9.17, 15) is 10.1 Å². The number of esters is 1. The predicted octanol–water partition coefficient (Wildman–Crippen LogP) is 3.08. The van der Waals surface area contributed by atoms with E-state index < -0.39 is 11.9 Å². The van der Waals surface area contributed by atoms with Gasteiger partial charge in [0.05, 0.1) is 31.1 Å². The summed E-state index contributed by atoms with van der Waals surface area (Å²) < 4.78 is 15.8.